The minimum absolute atomic E-state index is 0.0572. The lowest BCUT2D eigenvalue weighted by Gasteiger charge is -2.24. The summed E-state index contributed by atoms with van der Waals surface area (Å²) in [6.07, 6.45) is -11.5. The van der Waals surface area contributed by atoms with Gasteiger partial charge in [-0.25, -0.2) is 0 Å². The molecule has 0 heterocycles. The molecule has 0 saturated carbocycles. The molecule has 3 N–H and O–H groups in total. The molecule has 3 atom stereocenters. The van der Waals surface area contributed by atoms with Crippen molar-refractivity contribution in [1.29, 1.82) is 0 Å². The minimum atomic E-state index is -4.94. The maximum atomic E-state index is 12.1. The molecule has 6 heteroatoms. The summed E-state index contributed by atoms with van der Waals surface area (Å²) in [5, 5.41) is 27.4. The molecule has 0 saturated heterocycles. The van der Waals surface area contributed by atoms with E-state index in [1.54, 1.807) is 30.3 Å². The lowest BCUT2D eigenvalue weighted by molar-refractivity contribution is -0.241. The second-order valence-electron chi connectivity index (χ2n) is 4.07. The Bertz CT molecular complexity index is 353. The molecule has 3 nitrogen and oxygen atoms in total. The summed E-state index contributed by atoms with van der Waals surface area (Å²) in [5.74, 6) is 0. The third kappa shape index (κ3) is 4.29. The van der Waals surface area contributed by atoms with Crippen molar-refractivity contribution in [2.75, 3.05) is 0 Å². The standard InChI is InChI=1S/C12H15F3O3/c13-12(14,15)11(18)10(17)9(16)7-6-8-4-2-1-3-5-8/h1-5,9-11,16-18H,6-7H2/t9-,10-,11+/m0/s1. The molecule has 0 aliphatic heterocycles. The summed E-state index contributed by atoms with van der Waals surface area (Å²) < 4.78 is 36.3. The molecule has 1 aromatic rings. The predicted octanol–water partition coefficient (Wildman–Crippen LogP) is 1.26. The van der Waals surface area contributed by atoms with Crippen LogP contribution in [0.5, 0.6) is 0 Å². The van der Waals surface area contributed by atoms with Gasteiger partial charge >= 0.3 is 6.18 Å². The van der Waals surface area contributed by atoms with E-state index in [4.69, 9.17) is 5.11 Å². The largest absolute Gasteiger partial charge is 0.417 e. The van der Waals surface area contributed by atoms with Gasteiger partial charge in [0.15, 0.2) is 6.10 Å². The summed E-state index contributed by atoms with van der Waals surface area (Å²) >= 11 is 0. The minimum Gasteiger partial charge on any atom is -0.390 e. The van der Waals surface area contributed by atoms with Crippen molar-refractivity contribution in [3.8, 4) is 0 Å². The fraction of sp³-hybridized carbons (Fsp3) is 0.500. The number of aliphatic hydroxyl groups excluding tert-OH is 3. The zero-order chi connectivity index (χ0) is 13.8. The van der Waals surface area contributed by atoms with Gasteiger partial charge in [0.1, 0.15) is 6.10 Å². The molecule has 1 rings (SSSR count). The molecule has 0 fully saturated rings. The molecule has 0 aliphatic carbocycles. The van der Waals surface area contributed by atoms with E-state index in [0.29, 0.717) is 6.42 Å². The summed E-state index contributed by atoms with van der Waals surface area (Å²) in [5.41, 5.74) is 0.838. The Labute approximate surface area is 103 Å². The Hall–Kier alpha value is -1.11. The van der Waals surface area contributed by atoms with Crippen LogP contribution in [0.25, 0.3) is 0 Å². The number of hydrogen-bond donors (Lipinski definition) is 3. The molecule has 0 spiro atoms. The van der Waals surface area contributed by atoms with Gasteiger partial charge in [-0.1, -0.05) is 30.3 Å². The van der Waals surface area contributed by atoms with E-state index in [-0.39, 0.29) is 6.42 Å². The molecular formula is C12H15F3O3. The van der Waals surface area contributed by atoms with Gasteiger partial charge in [-0.3, -0.25) is 0 Å². The van der Waals surface area contributed by atoms with Crippen molar-refractivity contribution in [1.82, 2.24) is 0 Å². The first-order valence-electron chi connectivity index (χ1n) is 5.47. The van der Waals surface area contributed by atoms with Gasteiger partial charge in [0.2, 0.25) is 0 Å². The van der Waals surface area contributed by atoms with Crippen molar-refractivity contribution >= 4 is 0 Å². The zero-order valence-electron chi connectivity index (χ0n) is 9.51. The van der Waals surface area contributed by atoms with Crippen molar-refractivity contribution in [3.63, 3.8) is 0 Å². The predicted molar refractivity (Wildman–Crippen MR) is 58.8 cm³/mol. The van der Waals surface area contributed by atoms with E-state index >= 15 is 0 Å². The second-order valence-corrected chi connectivity index (χ2v) is 4.07. The van der Waals surface area contributed by atoms with Crippen molar-refractivity contribution < 1.29 is 28.5 Å². The SMILES string of the molecule is O[C@H]([C@@H](O)C(F)(F)F)[C@@H](O)CCc1ccccc1. The molecule has 0 bridgehead atoms. The Morgan fingerprint density at radius 3 is 2.06 bits per heavy atom. The van der Waals surface area contributed by atoms with Gasteiger partial charge < -0.3 is 15.3 Å². The number of halogens is 3. The first-order valence-corrected chi connectivity index (χ1v) is 5.47. The first kappa shape index (κ1) is 14.9. The van der Waals surface area contributed by atoms with E-state index in [9.17, 15) is 23.4 Å². The van der Waals surface area contributed by atoms with Crippen LogP contribution in [0.1, 0.15) is 12.0 Å². The Balaban J connectivity index is 2.48. The van der Waals surface area contributed by atoms with Gasteiger partial charge in [0.25, 0.3) is 0 Å². The summed E-state index contributed by atoms with van der Waals surface area (Å²) in [4.78, 5) is 0. The van der Waals surface area contributed by atoms with Gasteiger partial charge in [-0.2, -0.15) is 13.2 Å². The number of aryl methyl sites for hydroxylation is 1. The highest BCUT2D eigenvalue weighted by Gasteiger charge is 2.45. The molecule has 0 unspecified atom stereocenters. The van der Waals surface area contributed by atoms with Gasteiger partial charge in [0, 0.05) is 0 Å². The lowest BCUT2D eigenvalue weighted by Crippen LogP contribution is -2.46. The summed E-state index contributed by atoms with van der Waals surface area (Å²) in [7, 11) is 0. The number of benzene rings is 1. The first-order chi connectivity index (χ1) is 8.32. The van der Waals surface area contributed by atoms with E-state index in [1.807, 2.05) is 0 Å². The van der Waals surface area contributed by atoms with Crippen LogP contribution in [0, 0.1) is 0 Å². The zero-order valence-corrected chi connectivity index (χ0v) is 9.51. The normalized spacial score (nSPS) is 17.2. The summed E-state index contributed by atoms with van der Waals surface area (Å²) in [6.45, 7) is 0. The third-order valence-corrected chi connectivity index (χ3v) is 2.62. The number of aliphatic hydroxyl groups is 3. The van der Waals surface area contributed by atoms with Crippen LogP contribution in [-0.4, -0.2) is 39.8 Å². The maximum Gasteiger partial charge on any atom is 0.417 e. The number of alkyl halides is 3. The molecule has 0 radical (unpaired) electrons. The fourth-order valence-corrected chi connectivity index (χ4v) is 1.53. The number of rotatable bonds is 5. The van der Waals surface area contributed by atoms with E-state index in [2.05, 4.69) is 0 Å². The van der Waals surface area contributed by atoms with Crippen LogP contribution in [0.15, 0.2) is 30.3 Å². The quantitative estimate of drug-likeness (QED) is 0.750. The monoisotopic (exact) mass is 264 g/mol. The van der Waals surface area contributed by atoms with Gasteiger partial charge in [-0.05, 0) is 18.4 Å². The van der Waals surface area contributed by atoms with Crippen molar-refractivity contribution in [2.45, 2.75) is 37.3 Å². The maximum absolute atomic E-state index is 12.1. The molecule has 102 valence electrons. The highest BCUT2D eigenvalue weighted by Crippen LogP contribution is 2.24. The van der Waals surface area contributed by atoms with Gasteiger partial charge in [-0.15, -0.1) is 0 Å². The van der Waals surface area contributed by atoms with Crippen LogP contribution in [0.4, 0.5) is 13.2 Å². The van der Waals surface area contributed by atoms with Crippen LogP contribution in [0.2, 0.25) is 0 Å². The van der Waals surface area contributed by atoms with Crippen LogP contribution >= 0.6 is 0 Å². The van der Waals surface area contributed by atoms with Crippen molar-refractivity contribution in [3.05, 3.63) is 35.9 Å². The highest BCUT2D eigenvalue weighted by atomic mass is 19.4. The Morgan fingerprint density at radius 2 is 1.56 bits per heavy atom. The molecular weight excluding hydrogens is 249 g/mol. The lowest BCUT2D eigenvalue weighted by atomic mass is 10.0. The topological polar surface area (TPSA) is 60.7 Å². The smallest absolute Gasteiger partial charge is 0.390 e. The average molecular weight is 264 g/mol. The fourth-order valence-electron chi connectivity index (χ4n) is 1.53. The van der Waals surface area contributed by atoms with E-state index in [0.717, 1.165) is 5.56 Å². The van der Waals surface area contributed by atoms with E-state index in [1.165, 1.54) is 0 Å². The molecule has 0 amide bonds. The van der Waals surface area contributed by atoms with Gasteiger partial charge in [0.05, 0.1) is 6.10 Å². The summed E-state index contributed by atoms with van der Waals surface area (Å²) in [6, 6.07) is 8.85. The second kappa shape index (κ2) is 6.17. The number of hydrogen-bond acceptors (Lipinski definition) is 3. The molecule has 1 aromatic carbocycles. The molecule has 0 aliphatic rings. The Morgan fingerprint density at radius 1 is 1.00 bits per heavy atom. The van der Waals surface area contributed by atoms with Crippen LogP contribution < -0.4 is 0 Å². The third-order valence-electron chi connectivity index (χ3n) is 2.62. The molecule has 18 heavy (non-hydrogen) atoms. The van der Waals surface area contributed by atoms with Crippen LogP contribution in [-0.2, 0) is 6.42 Å². The molecule has 0 aromatic heterocycles. The van der Waals surface area contributed by atoms with Crippen molar-refractivity contribution in [2.24, 2.45) is 0 Å². The Kier molecular flexibility index (Phi) is 5.13. The highest BCUT2D eigenvalue weighted by molar-refractivity contribution is 5.14. The average Bonchev–Trinajstić information content (AvgIpc) is 2.34. The van der Waals surface area contributed by atoms with E-state index < -0.39 is 24.5 Å². The van der Waals surface area contributed by atoms with Crippen LogP contribution in [0.3, 0.4) is 0 Å².